The van der Waals surface area contributed by atoms with Crippen molar-refractivity contribution in [3.8, 4) is 11.8 Å². The van der Waals surface area contributed by atoms with Crippen LogP contribution in [0.1, 0.15) is 0 Å². The van der Waals surface area contributed by atoms with Crippen molar-refractivity contribution in [2.24, 2.45) is 0 Å². The van der Waals surface area contributed by atoms with Crippen LogP contribution in [-0.2, 0) is 4.79 Å². The van der Waals surface area contributed by atoms with Crippen molar-refractivity contribution in [2.75, 3.05) is 27.7 Å². The molecule has 0 heterocycles. The summed E-state index contributed by atoms with van der Waals surface area (Å²) in [7, 11) is 5.86. The molecule has 0 saturated carbocycles. The first-order valence-electron chi connectivity index (χ1n) is 2.94. The first-order chi connectivity index (χ1) is 4.42. The van der Waals surface area contributed by atoms with Crippen LogP contribution in [0.4, 0.5) is 0 Å². The van der Waals surface area contributed by atoms with E-state index in [-0.39, 0.29) is 0 Å². The largest absolute Gasteiger partial charge is 0.472 e. The summed E-state index contributed by atoms with van der Waals surface area (Å²) in [4.78, 5) is 9.90. The molecule has 3 nitrogen and oxygen atoms in total. The fraction of sp³-hybridized carbons (Fsp3) is 0.571. The highest BCUT2D eigenvalue weighted by molar-refractivity contribution is 5.86. The van der Waals surface area contributed by atoms with Gasteiger partial charge in [-0.1, -0.05) is 0 Å². The molecule has 0 aliphatic heterocycles. The highest BCUT2D eigenvalue weighted by atomic mass is 16.4. The van der Waals surface area contributed by atoms with Gasteiger partial charge in [0, 0.05) is 5.92 Å². The fourth-order valence-electron chi connectivity index (χ4n) is 0.352. The van der Waals surface area contributed by atoms with Crippen molar-refractivity contribution in [3.63, 3.8) is 0 Å². The number of nitrogens with zero attached hydrogens (tertiary/aromatic N) is 1. The van der Waals surface area contributed by atoms with Gasteiger partial charge in [-0.15, -0.1) is 0 Å². The Kier molecular flexibility index (Phi) is 2.91. The molecule has 0 fully saturated rings. The summed E-state index contributed by atoms with van der Waals surface area (Å²) >= 11 is 0. The first-order valence-corrected chi connectivity index (χ1v) is 2.94. The molecule has 1 N–H and O–H groups in total. The lowest BCUT2D eigenvalue weighted by atomic mass is 10.5. The Morgan fingerprint density at radius 3 is 2.30 bits per heavy atom. The minimum atomic E-state index is -1.06. The molecule has 0 spiro atoms. The van der Waals surface area contributed by atoms with Crippen LogP contribution in [0, 0.1) is 11.8 Å². The van der Waals surface area contributed by atoms with Crippen LogP contribution in [-0.4, -0.2) is 43.2 Å². The second-order valence-corrected chi connectivity index (χ2v) is 3.06. The SMILES string of the molecule is C[N+](C)(C)CC#CC(=O)O. The van der Waals surface area contributed by atoms with Crippen molar-refractivity contribution >= 4 is 5.97 Å². The summed E-state index contributed by atoms with van der Waals surface area (Å²) in [6, 6.07) is 0. The molecule has 0 aromatic carbocycles. The van der Waals surface area contributed by atoms with Gasteiger partial charge in [0.25, 0.3) is 0 Å². The third-order valence-corrected chi connectivity index (χ3v) is 0.749. The average molecular weight is 142 g/mol. The Bertz CT molecular complexity index is 180. The quantitative estimate of drug-likeness (QED) is 0.406. The summed E-state index contributed by atoms with van der Waals surface area (Å²) in [6.45, 7) is 0.562. The van der Waals surface area contributed by atoms with Gasteiger partial charge in [0.1, 0.15) is 6.54 Å². The van der Waals surface area contributed by atoms with Crippen LogP contribution in [0.3, 0.4) is 0 Å². The van der Waals surface area contributed by atoms with Crippen LogP contribution >= 0.6 is 0 Å². The van der Waals surface area contributed by atoms with E-state index in [2.05, 4.69) is 11.8 Å². The molecule has 3 heteroatoms. The lowest BCUT2D eigenvalue weighted by Crippen LogP contribution is -2.34. The molecule has 0 rings (SSSR count). The van der Waals surface area contributed by atoms with Gasteiger partial charge < -0.3 is 9.59 Å². The third kappa shape index (κ3) is 6.99. The molecule has 0 saturated heterocycles. The maximum absolute atomic E-state index is 9.90. The fourth-order valence-corrected chi connectivity index (χ4v) is 0.352. The van der Waals surface area contributed by atoms with Crippen LogP contribution in [0.5, 0.6) is 0 Å². The zero-order valence-corrected chi connectivity index (χ0v) is 6.51. The topological polar surface area (TPSA) is 37.3 Å². The molecule has 56 valence electrons. The number of carbonyl (C=O) groups is 1. The number of carboxylic acids is 1. The molecule has 0 aliphatic rings. The van der Waals surface area contributed by atoms with Crippen molar-refractivity contribution in [1.82, 2.24) is 0 Å². The monoisotopic (exact) mass is 142 g/mol. The second kappa shape index (κ2) is 3.23. The van der Waals surface area contributed by atoms with Crippen molar-refractivity contribution in [3.05, 3.63) is 0 Å². The Hall–Kier alpha value is -1.01. The van der Waals surface area contributed by atoms with E-state index in [0.29, 0.717) is 11.0 Å². The molecule has 10 heavy (non-hydrogen) atoms. The summed E-state index contributed by atoms with van der Waals surface area (Å²) < 4.78 is 0.667. The number of aliphatic carboxylic acids is 1. The van der Waals surface area contributed by atoms with E-state index < -0.39 is 5.97 Å². The van der Waals surface area contributed by atoms with Crippen molar-refractivity contribution in [1.29, 1.82) is 0 Å². The normalized spacial score (nSPS) is 9.90. The highest BCUT2D eigenvalue weighted by Crippen LogP contribution is 1.85. The molecule has 0 atom stereocenters. The van der Waals surface area contributed by atoms with Crippen LogP contribution in [0.15, 0.2) is 0 Å². The maximum atomic E-state index is 9.90. The minimum Gasteiger partial charge on any atom is -0.472 e. The number of rotatable bonds is 1. The molecule has 0 aliphatic carbocycles. The van der Waals surface area contributed by atoms with Gasteiger partial charge in [-0.2, -0.15) is 0 Å². The second-order valence-electron chi connectivity index (χ2n) is 3.06. The van der Waals surface area contributed by atoms with E-state index in [1.165, 1.54) is 0 Å². The summed E-state index contributed by atoms with van der Waals surface area (Å²) in [5.74, 6) is 3.54. The standard InChI is InChI=1S/C7H11NO2/c1-8(2,3)6-4-5-7(9)10/h6H2,1-3H3/p+1. The number of hydrogen-bond acceptors (Lipinski definition) is 1. The first kappa shape index (κ1) is 8.99. The van der Waals surface area contributed by atoms with Crippen LogP contribution < -0.4 is 0 Å². The summed E-state index contributed by atoms with van der Waals surface area (Å²) in [5, 5.41) is 8.13. The predicted octanol–water partition coefficient (Wildman–Crippen LogP) is -0.219. The molecule has 0 bridgehead atoms. The number of carboxylic acid groups (broad SMARTS) is 1. The van der Waals surface area contributed by atoms with E-state index in [9.17, 15) is 4.79 Å². The maximum Gasteiger partial charge on any atom is 0.382 e. The summed E-state index contributed by atoms with van der Waals surface area (Å²) in [6.07, 6.45) is 0. The van der Waals surface area contributed by atoms with E-state index in [4.69, 9.17) is 5.11 Å². The smallest absolute Gasteiger partial charge is 0.382 e. The van der Waals surface area contributed by atoms with Crippen LogP contribution in [0.2, 0.25) is 0 Å². The van der Waals surface area contributed by atoms with E-state index in [1.807, 2.05) is 21.1 Å². The minimum absolute atomic E-state index is 0.562. The summed E-state index contributed by atoms with van der Waals surface area (Å²) in [5.41, 5.74) is 0. The van der Waals surface area contributed by atoms with Crippen LogP contribution in [0.25, 0.3) is 0 Å². The number of hydrogen-bond donors (Lipinski definition) is 1. The molecule has 0 aromatic heterocycles. The zero-order chi connectivity index (χ0) is 8.20. The van der Waals surface area contributed by atoms with Gasteiger partial charge >= 0.3 is 5.97 Å². The molecule has 0 unspecified atom stereocenters. The van der Waals surface area contributed by atoms with Gasteiger partial charge in [-0.25, -0.2) is 4.79 Å². The number of quaternary nitrogens is 1. The van der Waals surface area contributed by atoms with Crippen molar-refractivity contribution in [2.45, 2.75) is 0 Å². The highest BCUT2D eigenvalue weighted by Gasteiger charge is 2.01. The van der Waals surface area contributed by atoms with Gasteiger partial charge in [0.15, 0.2) is 0 Å². The molecule has 0 aromatic rings. The third-order valence-electron chi connectivity index (χ3n) is 0.749. The van der Waals surface area contributed by atoms with Crippen molar-refractivity contribution < 1.29 is 14.4 Å². The van der Waals surface area contributed by atoms with Gasteiger partial charge in [-0.05, 0) is 5.92 Å². The van der Waals surface area contributed by atoms with E-state index in [1.54, 1.807) is 0 Å². The lowest BCUT2D eigenvalue weighted by Gasteiger charge is -2.19. The van der Waals surface area contributed by atoms with Gasteiger partial charge in [-0.3, -0.25) is 0 Å². The van der Waals surface area contributed by atoms with E-state index >= 15 is 0 Å². The molecule has 0 radical (unpaired) electrons. The van der Waals surface area contributed by atoms with Gasteiger partial charge in [0.2, 0.25) is 0 Å². The predicted molar refractivity (Wildman–Crippen MR) is 38.3 cm³/mol. The van der Waals surface area contributed by atoms with E-state index in [0.717, 1.165) is 0 Å². The molecule has 0 amide bonds. The van der Waals surface area contributed by atoms with Gasteiger partial charge in [0.05, 0.1) is 21.1 Å². The average Bonchev–Trinajstić information content (AvgIpc) is 1.59. The zero-order valence-electron chi connectivity index (χ0n) is 6.51. The Morgan fingerprint density at radius 2 is 2.00 bits per heavy atom. The Morgan fingerprint density at radius 1 is 1.50 bits per heavy atom. The lowest BCUT2D eigenvalue weighted by molar-refractivity contribution is -0.862. The Balaban J connectivity index is 3.78. The molecular weight excluding hydrogens is 130 g/mol. The Labute approximate surface area is 60.9 Å². The molecular formula is C7H12NO2+.